The molecule has 0 spiro atoms. The third-order valence-electron chi connectivity index (χ3n) is 1.62. The normalized spacial score (nSPS) is 22.1. The van der Waals surface area contributed by atoms with Crippen LogP contribution in [0.5, 0.6) is 0 Å². The molecule has 3 nitrogen and oxygen atoms in total. The van der Waals surface area contributed by atoms with E-state index in [0.717, 1.165) is 19.5 Å². The van der Waals surface area contributed by atoms with Crippen molar-refractivity contribution >= 4 is 9.04 Å². The van der Waals surface area contributed by atoms with Gasteiger partial charge in [0.2, 0.25) is 0 Å². The number of aliphatic hydroxyl groups is 1. The molecule has 0 aromatic rings. The summed E-state index contributed by atoms with van der Waals surface area (Å²) in [5.41, 5.74) is 0.0837. The first-order valence-electron chi connectivity index (χ1n) is 5.38. The highest BCUT2D eigenvalue weighted by atomic mass is 28.3. The first-order chi connectivity index (χ1) is 6.31. The monoisotopic (exact) mass is 219 g/mol. The van der Waals surface area contributed by atoms with E-state index in [0.29, 0.717) is 0 Å². The van der Waals surface area contributed by atoms with Gasteiger partial charge < -0.3 is 14.8 Å². The number of hydrogen-bond acceptors (Lipinski definition) is 3. The lowest BCUT2D eigenvalue weighted by atomic mass is 10.2. The van der Waals surface area contributed by atoms with Gasteiger partial charge in [0.1, 0.15) is 0 Å². The van der Waals surface area contributed by atoms with Crippen molar-refractivity contribution in [1.29, 1.82) is 0 Å². The van der Waals surface area contributed by atoms with E-state index in [1.165, 1.54) is 0 Å². The molecular formula is C10H25NO2Si. The molecule has 1 saturated heterocycles. The fourth-order valence-electron chi connectivity index (χ4n) is 1.35. The summed E-state index contributed by atoms with van der Waals surface area (Å²) in [7, 11) is -0.796. The number of aliphatic hydroxyl groups excluding tert-OH is 1. The molecule has 1 aliphatic heterocycles. The number of rotatable bonds is 1. The van der Waals surface area contributed by atoms with Gasteiger partial charge >= 0.3 is 0 Å². The Morgan fingerprint density at radius 2 is 1.93 bits per heavy atom. The second-order valence-corrected chi connectivity index (χ2v) is 7.26. The van der Waals surface area contributed by atoms with Gasteiger partial charge in [-0.1, -0.05) is 0 Å². The van der Waals surface area contributed by atoms with Crippen molar-refractivity contribution in [2.45, 2.75) is 52.0 Å². The zero-order valence-electron chi connectivity index (χ0n) is 10.1. The van der Waals surface area contributed by atoms with Crippen LogP contribution in [0.1, 0.15) is 27.2 Å². The van der Waals surface area contributed by atoms with E-state index in [2.05, 4.69) is 39.2 Å². The molecule has 0 amide bonds. The second-order valence-electron chi connectivity index (χ2n) is 4.93. The van der Waals surface area contributed by atoms with Gasteiger partial charge in [0, 0.05) is 12.1 Å². The molecule has 1 aliphatic rings. The SMILES string of the molecule is C[SiH](C)OC(C)(C)C.OC1CCNC1. The highest BCUT2D eigenvalue weighted by molar-refractivity contribution is 6.48. The van der Waals surface area contributed by atoms with Crippen LogP contribution in [-0.4, -0.2) is 38.9 Å². The lowest BCUT2D eigenvalue weighted by Gasteiger charge is -2.22. The Morgan fingerprint density at radius 3 is 2.00 bits per heavy atom. The minimum Gasteiger partial charge on any atom is -0.416 e. The van der Waals surface area contributed by atoms with Crippen molar-refractivity contribution < 1.29 is 9.53 Å². The lowest BCUT2D eigenvalue weighted by Crippen LogP contribution is -2.25. The molecule has 86 valence electrons. The minimum absolute atomic E-state index is 0.0648. The molecule has 1 atom stereocenters. The third kappa shape index (κ3) is 10.2. The molecular weight excluding hydrogens is 194 g/mol. The standard InChI is InChI=1S/C6H16OSi.C4H9NO/c1-6(2,3)7-8(4)5;6-4-1-2-5-3-4/h8H,1-5H3;4-6H,1-3H2. The van der Waals surface area contributed by atoms with Gasteiger partial charge in [-0.25, -0.2) is 0 Å². The summed E-state index contributed by atoms with van der Waals surface area (Å²) >= 11 is 0. The molecule has 0 bridgehead atoms. The Balaban J connectivity index is 0.000000249. The Hall–Kier alpha value is 0.0969. The van der Waals surface area contributed by atoms with E-state index in [-0.39, 0.29) is 11.7 Å². The molecule has 1 rings (SSSR count). The molecule has 1 fully saturated rings. The van der Waals surface area contributed by atoms with Crippen molar-refractivity contribution in [2.24, 2.45) is 0 Å². The van der Waals surface area contributed by atoms with Gasteiger partial charge in [0.15, 0.2) is 9.04 Å². The predicted molar refractivity (Wildman–Crippen MR) is 63.2 cm³/mol. The molecule has 14 heavy (non-hydrogen) atoms. The van der Waals surface area contributed by atoms with Crippen molar-refractivity contribution in [1.82, 2.24) is 5.32 Å². The molecule has 2 N–H and O–H groups in total. The predicted octanol–water partition coefficient (Wildman–Crippen LogP) is 1.13. The summed E-state index contributed by atoms with van der Waals surface area (Å²) in [6.45, 7) is 12.4. The summed E-state index contributed by atoms with van der Waals surface area (Å²) in [4.78, 5) is 0. The van der Waals surface area contributed by atoms with Gasteiger partial charge in [-0.2, -0.15) is 0 Å². The molecule has 4 heteroatoms. The van der Waals surface area contributed by atoms with Crippen LogP contribution >= 0.6 is 0 Å². The van der Waals surface area contributed by atoms with Gasteiger partial charge in [-0.15, -0.1) is 0 Å². The fourth-order valence-corrected chi connectivity index (χ4v) is 2.76. The Bertz CT molecular complexity index is 140. The lowest BCUT2D eigenvalue weighted by molar-refractivity contribution is 0.132. The zero-order valence-corrected chi connectivity index (χ0v) is 11.3. The highest BCUT2D eigenvalue weighted by Gasteiger charge is 2.11. The first kappa shape index (κ1) is 14.1. The summed E-state index contributed by atoms with van der Waals surface area (Å²) < 4.78 is 5.58. The van der Waals surface area contributed by atoms with Gasteiger partial charge in [0.25, 0.3) is 0 Å². The van der Waals surface area contributed by atoms with Gasteiger partial charge in [-0.3, -0.25) is 0 Å². The largest absolute Gasteiger partial charge is 0.416 e. The van der Waals surface area contributed by atoms with Crippen LogP contribution < -0.4 is 5.32 Å². The summed E-state index contributed by atoms with van der Waals surface area (Å²) in [6.07, 6.45) is 0.866. The van der Waals surface area contributed by atoms with E-state index >= 15 is 0 Å². The summed E-state index contributed by atoms with van der Waals surface area (Å²) in [5.74, 6) is 0. The van der Waals surface area contributed by atoms with Crippen molar-refractivity contribution in [3.05, 3.63) is 0 Å². The Labute approximate surface area is 89.6 Å². The molecule has 0 saturated carbocycles. The average Bonchev–Trinajstić information content (AvgIpc) is 2.34. The van der Waals surface area contributed by atoms with Crippen molar-refractivity contribution in [3.8, 4) is 0 Å². The maximum Gasteiger partial charge on any atom is 0.171 e. The van der Waals surface area contributed by atoms with Gasteiger partial charge in [0.05, 0.1) is 6.10 Å². The van der Waals surface area contributed by atoms with E-state index in [4.69, 9.17) is 9.53 Å². The van der Waals surface area contributed by atoms with Crippen LogP contribution in [-0.2, 0) is 4.43 Å². The Morgan fingerprint density at radius 1 is 1.36 bits per heavy atom. The van der Waals surface area contributed by atoms with E-state index in [9.17, 15) is 0 Å². The smallest absolute Gasteiger partial charge is 0.171 e. The topological polar surface area (TPSA) is 41.5 Å². The number of nitrogens with one attached hydrogen (secondary N) is 1. The molecule has 1 unspecified atom stereocenters. The summed E-state index contributed by atoms with van der Waals surface area (Å²) in [6, 6.07) is 0. The zero-order chi connectivity index (χ0) is 11.2. The van der Waals surface area contributed by atoms with Crippen LogP contribution in [0.25, 0.3) is 0 Å². The molecule has 1 heterocycles. The molecule has 0 aromatic carbocycles. The minimum atomic E-state index is -0.796. The summed E-state index contributed by atoms with van der Waals surface area (Å²) in [5, 5.41) is 11.7. The van der Waals surface area contributed by atoms with Crippen LogP contribution in [0.2, 0.25) is 13.1 Å². The maximum absolute atomic E-state index is 8.67. The van der Waals surface area contributed by atoms with Crippen LogP contribution in [0, 0.1) is 0 Å². The van der Waals surface area contributed by atoms with Crippen LogP contribution in [0.4, 0.5) is 0 Å². The second kappa shape index (κ2) is 6.56. The van der Waals surface area contributed by atoms with Crippen molar-refractivity contribution in [2.75, 3.05) is 13.1 Å². The molecule has 0 aliphatic carbocycles. The van der Waals surface area contributed by atoms with E-state index < -0.39 is 9.04 Å². The molecule has 0 radical (unpaired) electrons. The number of hydrogen-bond donors (Lipinski definition) is 2. The highest BCUT2D eigenvalue weighted by Crippen LogP contribution is 2.07. The first-order valence-corrected chi connectivity index (χ1v) is 8.16. The van der Waals surface area contributed by atoms with Gasteiger partial charge in [-0.05, 0) is 46.8 Å². The fraction of sp³-hybridized carbons (Fsp3) is 1.00. The van der Waals surface area contributed by atoms with Crippen LogP contribution in [0.3, 0.4) is 0 Å². The average molecular weight is 219 g/mol. The number of β-amino-alcohol motifs (C(OH)–C–C–N with tert-alkyl or cyclic N) is 1. The maximum atomic E-state index is 8.67. The van der Waals surface area contributed by atoms with Crippen molar-refractivity contribution in [3.63, 3.8) is 0 Å². The third-order valence-corrected chi connectivity index (χ3v) is 2.80. The van der Waals surface area contributed by atoms with E-state index in [1.807, 2.05) is 0 Å². The van der Waals surface area contributed by atoms with E-state index in [1.54, 1.807) is 0 Å². The molecule has 0 aromatic heterocycles. The van der Waals surface area contributed by atoms with Crippen LogP contribution in [0.15, 0.2) is 0 Å². The Kier molecular flexibility index (Phi) is 6.60. The quantitative estimate of drug-likeness (QED) is 0.650.